The topological polar surface area (TPSA) is 75.3 Å². The van der Waals surface area contributed by atoms with Crippen LogP contribution in [0.1, 0.15) is 76.0 Å². The third-order valence-corrected chi connectivity index (χ3v) is 7.69. The molecule has 0 saturated heterocycles. The summed E-state index contributed by atoms with van der Waals surface area (Å²) in [6.07, 6.45) is 6.93. The van der Waals surface area contributed by atoms with Crippen LogP contribution in [0.5, 0.6) is 0 Å². The van der Waals surface area contributed by atoms with E-state index in [4.69, 9.17) is 0 Å². The third kappa shape index (κ3) is 8.48. The van der Waals surface area contributed by atoms with Gasteiger partial charge in [-0.2, -0.15) is 0 Å². The summed E-state index contributed by atoms with van der Waals surface area (Å²) in [5, 5.41) is 5.26. The Balaban J connectivity index is 1.70. The predicted octanol–water partition coefficient (Wildman–Crippen LogP) is 6.26. The molecule has 6 heteroatoms. The van der Waals surface area contributed by atoms with Crippen LogP contribution in [0.2, 0.25) is 0 Å². The van der Waals surface area contributed by atoms with Gasteiger partial charge in [0.2, 0.25) is 15.9 Å². The second kappa shape index (κ2) is 13.4. The summed E-state index contributed by atoms with van der Waals surface area (Å²) in [6.45, 7) is 4.12. The number of carbonyl (C=O) groups excluding carboxylic acids is 1. The molecular formula is C29H38N2O3S. The van der Waals surface area contributed by atoms with E-state index in [1.807, 2.05) is 67.6 Å². The van der Waals surface area contributed by atoms with Gasteiger partial charge in [0, 0.05) is 0 Å². The molecule has 0 radical (unpaired) electrons. The lowest BCUT2D eigenvalue weighted by atomic mass is 9.99. The predicted molar refractivity (Wildman–Crippen MR) is 144 cm³/mol. The van der Waals surface area contributed by atoms with Gasteiger partial charge in [0.25, 0.3) is 0 Å². The molecule has 2 N–H and O–H groups in total. The molecule has 0 spiro atoms. The number of nitrogens with one attached hydrogen (secondary N) is 2. The van der Waals surface area contributed by atoms with E-state index < -0.39 is 16.1 Å². The molecule has 35 heavy (non-hydrogen) atoms. The number of hydrogen-bond donors (Lipinski definition) is 2. The van der Waals surface area contributed by atoms with Crippen LogP contribution >= 0.6 is 0 Å². The van der Waals surface area contributed by atoms with Gasteiger partial charge in [-0.05, 0) is 35.2 Å². The SMILES string of the molecule is CCCCCCCCC(NS(=O)(=O)Cc1ccccc1)C(=O)NC(C)c1cccc2ccccc12. The number of fused-ring (bicyclic) bond motifs is 1. The van der Waals surface area contributed by atoms with E-state index >= 15 is 0 Å². The van der Waals surface area contributed by atoms with Crippen LogP contribution in [0.25, 0.3) is 10.8 Å². The molecule has 2 atom stereocenters. The lowest BCUT2D eigenvalue weighted by Gasteiger charge is -2.22. The minimum atomic E-state index is -3.68. The first-order valence-electron chi connectivity index (χ1n) is 12.7. The van der Waals surface area contributed by atoms with Crippen molar-refractivity contribution < 1.29 is 13.2 Å². The van der Waals surface area contributed by atoms with E-state index in [0.29, 0.717) is 12.0 Å². The molecule has 3 aromatic rings. The highest BCUT2D eigenvalue weighted by atomic mass is 32.2. The van der Waals surface area contributed by atoms with Gasteiger partial charge < -0.3 is 5.32 Å². The molecule has 188 valence electrons. The summed E-state index contributed by atoms with van der Waals surface area (Å²) in [5.74, 6) is -0.428. The van der Waals surface area contributed by atoms with Crippen molar-refractivity contribution in [2.45, 2.75) is 76.6 Å². The summed E-state index contributed by atoms with van der Waals surface area (Å²) in [4.78, 5) is 13.3. The molecule has 0 aliphatic rings. The van der Waals surface area contributed by atoms with Crippen LogP contribution in [0, 0.1) is 0 Å². The zero-order valence-electron chi connectivity index (χ0n) is 20.9. The number of hydrogen-bond acceptors (Lipinski definition) is 3. The normalized spacial score (nSPS) is 13.4. The Morgan fingerprint density at radius 3 is 2.26 bits per heavy atom. The Morgan fingerprint density at radius 2 is 1.49 bits per heavy atom. The van der Waals surface area contributed by atoms with Crippen molar-refractivity contribution in [3.8, 4) is 0 Å². The van der Waals surface area contributed by atoms with Crippen molar-refractivity contribution in [1.82, 2.24) is 10.0 Å². The second-order valence-corrected chi connectivity index (χ2v) is 11.0. The van der Waals surface area contributed by atoms with Gasteiger partial charge >= 0.3 is 0 Å². The zero-order chi connectivity index (χ0) is 25.1. The van der Waals surface area contributed by atoms with Gasteiger partial charge in [-0.15, -0.1) is 0 Å². The number of sulfonamides is 1. The fourth-order valence-electron chi connectivity index (χ4n) is 4.44. The summed E-state index contributed by atoms with van der Waals surface area (Å²) in [7, 11) is -3.68. The maximum absolute atomic E-state index is 13.3. The van der Waals surface area contributed by atoms with Gasteiger partial charge in [-0.3, -0.25) is 4.79 Å². The first-order chi connectivity index (χ1) is 16.9. The van der Waals surface area contributed by atoms with Gasteiger partial charge in [0.1, 0.15) is 6.04 Å². The number of amides is 1. The molecule has 2 unspecified atom stereocenters. The van der Waals surface area contributed by atoms with Crippen LogP contribution in [-0.4, -0.2) is 20.4 Å². The van der Waals surface area contributed by atoms with Crippen molar-refractivity contribution in [2.24, 2.45) is 0 Å². The molecule has 0 aliphatic carbocycles. The first kappa shape index (κ1) is 26.9. The zero-order valence-corrected chi connectivity index (χ0v) is 21.7. The van der Waals surface area contributed by atoms with Crippen molar-refractivity contribution >= 4 is 26.7 Å². The quantitative estimate of drug-likeness (QED) is 0.260. The maximum atomic E-state index is 13.3. The van der Waals surface area contributed by atoms with E-state index in [1.165, 1.54) is 19.3 Å². The molecule has 0 heterocycles. The summed E-state index contributed by atoms with van der Waals surface area (Å²) in [6, 6.07) is 22.1. The Hall–Kier alpha value is -2.70. The Morgan fingerprint density at radius 1 is 0.829 bits per heavy atom. The average Bonchev–Trinajstić information content (AvgIpc) is 2.85. The van der Waals surface area contributed by atoms with E-state index in [-0.39, 0.29) is 17.7 Å². The second-order valence-electron chi connectivity index (χ2n) is 9.27. The van der Waals surface area contributed by atoms with E-state index in [2.05, 4.69) is 17.0 Å². The number of rotatable bonds is 14. The van der Waals surface area contributed by atoms with Crippen molar-refractivity contribution in [3.63, 3.8) is 0 Å². The molecule has 0 fully saturated rings. The molecule has 0 aliphatic heterocycles. The summed E-state index contributed by atoms with van der Waals surface area (Å²) >= 11 is 0. The maximum Gasteiger partial charge on any atom is 0.238 e. The van der Waals surface area contributed by atoms with Gasteiger partial charge in [0.05, 0.1) is 11.8 Å². The van der Waals surface area contributed by atoms with Gasteiger partial charge in [-0.1, -0.05) is 118 Å². The Bertz CT molecular complexity index is 1170. The lowest BCUT2D eigenvalue weighted by molar-refractivity contribution is -0.123. The third-order valence-electron chi connectivity index (χ3n) is 6.33. The molecule has 3 aromatic carbocycles. The van der Waals surface area contributed by atoms with E-state index in [0.717, 1.165) is 35.6 Å². The fourth-order valence-corrected chi connectivity index (χ4v) is 5.82. The molecule has 0 bridgehead atoms. The Labute approximate surface area is 210 Å². The lowest BCUT2D eigenvalue weighted by Crippen LogP contribution is -2.47. The smallest absolute Gasteiger partial charge is 0.238 e. The highest BCUT2D eigenvalue weighted by Crippen LogP contribution is 2.24. The van der Waals surface area contributed by atoms with Gasteiger partial charge in [-0.25, -0.2) is 13.1 Å². The van der Waals surface area contributed by atoms with Crippen molar-refractivity contribution in [2.75, 3.05) is 0 Å². The van der Waals surface area contributed by atoms with Gasteiger partial charge in [0.15, 0.2) is 0 Å². The molecule has 1 amide bonds. The summed E-state index contributed by atoms with van der Waals surface area (Å²) in [5.41, 5.74) is 1.71. The molecule has 3 rings (SSSR count). The highest BCUT2D eigenvalue weighted by Gasteiger charge is 2.26. The minimum absolute atomic E-state index is 0.146. The number of benzene rings is 3. The van der Waals surface area contributed by atoms with Crippen LogP contribution in [0.3, 0.4) is 0 Å². The largest absolute Gasteiger partial charge is 0.348 e. The van der Waals surface area contributed by atoms with Crippen LogP contribution < -0.4 is 10.0 Å². The Kier molecular flexibility index (Phi) is 10.3. The van der Waals surface area contributed by atoms with Crippen LogP contribution in [0.15, 0.2) is 72.8 Å². The number of unbranched alkanes of at least 4 members (excludes halogenated alkanes) is 5. The van der Waals surface area contributed by atoms with Crippen LogP contribution in [0.4, 0.5) is 0 Å². The average molecular weight is 495 g/mol. The fraction of sp³-hybridized carbons (Fsp3) is 0.414. The first-order valence-corrected chi connectivity index (χ1v) is 14.4. The van der Waals surface area contributed by atoms with Crippen molar-refractivity contribution in [3.05, 3.63) is 83.9 Å². The van der Waals surface area contributed by atoms with Crippen molar-refractivity contribution in [1.29, 1.82) is 0 Å². The van der Waals surface area contributed by atoms with E-state index in [9.17, 15) is 13.2 Å². The summed E-state index contributed by atoms with van der Waals surface area (Å²) < 4.78 is 28.6. The number of carbonyl (C=O) groups is 1. The standard InChI is InChI=1S/C29H38N2O3S/c1-3-4-5-6-7-11-21-28(31-35(33,34)22-24-15-9-8-10-16-24)29(32)30-23(2)26-20-14-18-25-17-12-13-19-27(25)26/h8-10,12-20,23,28,31H,3-7,11,21-22H2,1-2H3,(H,30,32). The minimum Gasteiger partial charge on any atom is -0.348 e. The highest BCUT2D eigenvalue weighted by molar-refractivity contribution is 7.88. The molecule has 0 saturated carbocycles. The molecule has 5 nitrogen and oxygen atoms in total. The van der Waals surface area contributed by atoms with Crippen LogP contribution in [-0.2, 0) is 20.6 Å². The molecular weight excluding hydrogens is 456 g/mol. The molecule has 0 aromatic heterocycles. The van der Waals surface area contributed by atoms with E-state index in [1.54, 1.807) is 12.1 Å². The monoisotopic (exact) mass is 494 g/mol.